The van der Waals surface area contributed by atoms with Crippen molar-refractivity contribution in [2.24, 2.45) is 0 Å². The van der Waals surface area contributed by atoms with Crippen LogP contribution in [0.1, 0.15) is 19.4 Å². The zero-order chi connectivity index (χ0) is 13.9. The summed E-state index contributed by atoms with van der Waals surface area (Å²) in [4.78, 5) is 2.49. The second-order valence-electron chi connectivity index (χ2n) is 5.36. The summed E-state index contributed by atoms with van der Waals surface area (Å²) in [5, 5.41) is 3.39. The molecule has 0 atom stereocenters. The monoisotopic (exact) mass is 264 g/mol. The van der Waals surface area contributed by atoms with Gasteiger partial charge in [0.25, 0.3) is 0 Å². The molecule has 1 aromatic carbocycles. The lowest BCUT2D eigenvalue weighted by atomic mass is 9.90. The number of rotatable bonds is 4. The minimum Gasteiger partial charge on any atom is -0.497 e. The van der Waals surface area contributed by atoms with Crippen LogP contribution in [0.5, 0.6) is 11.5 Å². The molecule has 0 radical (unpaired) electrons. The third-order valence-corrected chi connectivity index (χ3v) is 3.97. The smallest absolute Gasteiger partial charge is 0.124 e. The molecule has 2 rings (SSSR count). The van der Waals surface area contributed by atoms with Gasteiger partial charge in [-0.15, -0.1) is 0 Å². The Morgan fingerprint density at radius 3 is 2.37 bits per heavy atom. The Morgan fingerprint density at radius 1 is 1.11 bits per heavy atom. The zero-order valence-electron chi connectivity index (χ0n) is 12.3. The van der Waals surface area contributed by atoms with Crippen molar-refractivity contribution in [3.8, 4) is 11.5 Å². The first kappa shape index (κ1) is 14.2. The topological polar surface area (TPSA) is 33.7 Å². The van der Waals surface area contributed by atoms with Gasteiger partial charge in [-0.25, -0.2) is 0 Å². The summed E-state index contributed by atoms with van der Waals surface area (Å²) in [6.07, 6.45) is 0. The maximum absolute atomic E-state index is 5.52. The number of nitrogens with one attached hydrogen (secondary N) is 1. The molecule has 0 amide bonds. The van der Waals surface area contributed by atoms with Crippen LogP contribution in [0.25, 0.3) is 0 Å². The molecule has 1 aliphatic heterocycles. The van der Waals surface area contributed by atoms with Gasteiger partial charge in [0.15, 0.2) is 0 Å². The summed E-state index contributed by atoms with van der Waals surface area (Å²) in [6, 6.07) is 6.01. The molecule has 4 heteroatoms. The summed E-state index contributed by atoms with van der Waals surface area (Å²) in [6.45, 7) is 8.66. The predicted molar refractivity (Wildman–Crippen MR) is 77.0 cm³/mol. The van der Waals surface area contributed by atoms with Crippen LogP contribution in [0.15, 0.2) is 18.2 Å². The van der Waals surface area contributed by atoms with Crippen LogP contribution in [0, 0.1) is 0 Å². The lowest BCUT2D eigenvalue weighted by Gasteiger charge is -2.42. The van der Waals surface area contributed by atoms with Crippen LogP contribution >= 0.6 is 0 Å². The summed E-state index contributed by atoms with van der Waals surface area (Å²) < 4.78 is 10.9. The molecular weight excluding hydrogens is 240 g/mol. The molecule has 0 aromatic heterocycles. The molecular formula is C15H24N2O2. The number of methoxy groups -OCH3 is 2. The van der Waals surface area contributed by atoms with E-state index in [1.54, 1.807) is 14.2 Å². The largest absolute Gasteiger partial charge is 0.497 e. The van der Waals surface area contributed by atoms with Crippen molar-refractivity contribution in [1.82, 2.24) is 10.2 Å². The average molecular weight is 264 g/mol. The molecule has 4 nitrogen and oxygen atoms in total. The van der Waals surface area contributed by atoms with Gasteiger partial charge in [0.1, 0.15) is 11.5 Å². The molecule has 1 N–H and O–H groups in total. The van der Waals surface area contributed by atoms with Crippen molar-refractivity contribution in [1.29, 1.82) is 0 Å². The highest BCUT2D eigenvalue weighted by molar-refractivity contribution is 5.44. The van der Waals surface area contributed by atoms with Gasteiger partial charge in [-0.2, -0.15) is 0 Å². The Balaban J connectivity index is 2.36. The van der Waals surface area contributed by atoms with Crippen molar-refractivity contribution in [3.63, 3.8) is 0 Å². The van der Waals surface area contributed by atoms with Gasteiger partial charge in [0.05, 0.1) is 14.2 Å². The Bertz CT molecular complexity index is 426. The molecule has 1 aromatic rings. The SMILES string of the molecule is COc1ccc(OC)c(C(C)(C)N2CCNCC2)c1. The van der Waals surface area contributed by atoms with E-state index >= 15 is 0 Å². The van der Waals surface area contributed by atoms with E-state index in [4.69, 9.17) is 9.47 Å². The molecule has 1 saturated heterocycles. The first-order valence-electron chi connectivity index (χ1n) is 6.78. The average Bonchev–Trinajstić information content (AvgIpc) is 2.47. The van der Waals surface area contributed by atoms with Gasteiger partial charge in [0.2, 0.25) is 0 Å². The number of hydrogen-bond donors (Lipinski definition) is 1. The van der Waals surface area contributed by atoms with Gasteiger partial charge in [-0.1, -0.05) is 0 Å². The Kier molecular flexibility index (Phi) is 4.32. The third-order valence-electron chi connectivity index (χ3n) is 3.97. The van der Waals surface area contributed by atoms with Crippen molar-refractivity contribution >= 4 is 0 Å². The quantitative estimate of drug-likeness (QED) is 0.900. The van der Waals surface area contributed by atoms with Gasteiger partial charge >= 0.3 is 0 Å². The van der Waals surface area contributed by atoms with Crippen LogP contribution in [0.3, 0.4) is 0 Å². The van der Waals surface area contributed by atoms with Gasteiger partial charge in [0, 0.05) is 37.3 Å². The maximum atomic E-state index is 5.52. The third kappa shape index (κ3) is 2.85. The molecule has 0 saturated carbocycles. The van der Waals surface area contributed by atoms with Crippen LogP contribution in [-0.4, -0.2) is 45.3 Å². The fourth-order valence-corrected chi connectivity index (χ4v) is 2.69. The van der Waals surface area contributed by atoms with E-state index in [1.807, 2.05) is 12.1 Å². The van der Waals surface area contributed by atoms with Gasteiger partial charge < -0.3 is 14.8 Å². The summed E-state index contributed by atoms with van der Waals surface area (Å²) in [5.41, 5.74) is 1.11. The standard InChI is InChI=1S/C15H24N2O2/c1-15(2,17-9-7-16-8-10-17)13-11-12(18-3)5-6-14(13)19-4/h5-6,11,16H,7-10H2,1-4H3. The summed E-state index contributed by atoms with van der Waals surface area (Å²) in [7, 11) is 3.42. The van der Waals surface area contributed by atoms with Crippen LogP contribution < -0.4 is 14.8 Å². The second-order valence-corrected chi connectivity index (χ2v) is 5.36. The molecule has 1 heterocycles. The Morgan fingerprint density at radius 2 is 1.79 bits per heavy atom. The van der Waals surface area contributed by atoms with Crippen molar-refractivity contribution < 1.29 is 9.47 Å². The number of benzene rings is 1. The predicted octanol–water partition coefficient (Wildman–Crippen LogP) is 1.84. The number of hydrogen-bond acceptors (Lipinski definition) is 4. The Labute approximate surface area is 115 Å². The van der Waals surface area contributed by atoms with E-state index < -0.39 is 0 Å². The maximum Gasteiger partial charge on any atom is 0.124 e. The molecule has 0 spiro atoms. The second kappa shape index (κ2) is 5.80. The lowest BCUT2D eigenvalue weighted by Crippen LogP contribution is -2.51. The highest BCUT2D eigenvalue weighted by Gasteiger charge is 2.32. The molecule has 0 unspecified atom stereocenters. The van der Waals surface area contributed by atoms with Gasteiger partial charge in [-0.05, 0) is 32.0 Å². The fourth-order valence-electron chi connectivity index (χ4n) is 2.69. The molecule has 106 valence electrons. The van der Waals surface area contributed by atoms with E-state index in [2.05, 4.69) is 30.1 Å². The van der Waals surface area contributed by atoms with E-state index in [0.29, 0.717) is 0 Å². The number of nitrogens with zero attached hydrogens (tertiary/aromatic N) is 1. The number of ether oxygens (including phenoxy) is 2. The summed E-state index contributed by atoms with van der Waals surface area (Å²) >= 11 is 0. The fraction of sp³-hybridized carbons (Fsp3) is 0.600. The van der Waals surface area contributed by atoms with Crippen molar-refractivity contribution in [2.75, 3.05) is 40.4 Å². The minimum atomic E-state index is -0.0675. The van der Waals surface area contributed by atoms with E-state index in [0.717, 1.165) is 37.7 Å². The van der Waals surface area contributed by atoms with Crippen molar-refractivity contribution in [2.45, 2.75) is 19.4 Å². The minimum absolute atomic E-state index is 0.0675. The van der Waals surface area contributed by atoms with E-state index in [1.165, 1.54) is 5.56 Å². The lowest BCUT2D eigenvalue weighted by molar-refractivity contribution is 0.0997. The summed E-state index contributed by atoms with van der Waals surface area (Å²) in [5.74, 6) is 1.79. The molecule has 1 aliphatic rings. The van der Waals surface area contributed by atoms with Crippen LogP contribution in [0.2, 0.25) is 0 Å². The molecule has 0 bridgehead atoms. The first-order valence-corrected chi connectivity index (χ1v) is 6.78. The van der Waals surface area contributed by atoms with Crippen molar-refractivity contribution in [3.05, 3.63) is 23.8 Å². The van der Waals surface area contributed by atoms with E-state index in [-0.39, 0.29) is 5.54 Å². The highest BCUT2D eigenvalue weighted by Crippen LogP contribution is 2.37. The van der Waals surface area contributed by atoms with Crippen LogP contribution in [0.4, 0.5) is 0 Å². The zero-order valence-corrected chi connectivity index (χ0v) is 12.3. The molecule has 0 aliphatic carbocycles. The highest BCUT2D eigenvalue weighted by atomic mass is 16.5. The van der Waals surface area contributed by atoms with Gasteiger partial charge in [-0.3, -0.25) is 4.90 Å². The first-order chi connectivity index (χ1) is 9.09. The normalized spacial score (nSPS) is 17.3. The van der Waals surface area contributed by atoms with E-state index in [9.17, 15) is 0 Å². The number of piperazine rings is 1. The molecule has 19 heavy (non-hydrogen) atoms. The Hall–Kier alpha value is -1.26. The molecule has 1 fully saturated rings. The van der Waals surface area contributed by atoms with Crippen LogP contribution in [-0.2, 0) is 5.54 Å².